The van der Waals surface area contributed by atoms with Crippen molar-refractivity contribution in [3.8, 4) is 5.69 Å². The fourth-order valence-corrected chi connectivity index (χ4v) is 4.29. The van der Waals surface area contributed by atoms with Crippen LogP contribution in [0.25, 0.3) is 5.69 Å². The minimum absolute atomic E-state index is 0.102. The maximum atomic E-state index is 13.6. The smallest absolute Gasteiger partial charge is 0.370 e. The van der Waals surface area contributed by atoms with Crippen molar-refractivity contribution in [3.63, 3.8) is 0 Å². The van der Waals surface area contributed by atoms with Crippen LogP contribution in [0.15, 0.2) is 24.3 Å². The molecule has 2 aliphatic heterocycles. The zero-order valence-corrected chi connectivity index (χ0v) is 16.1. The van der Waals surface area contributed by atoms with E-state index in [0.29, 0.717) is 0 Å². The number of rotatable bonds is 4. The molecule has 0 atom stereocenters. The fourth-order valence-electron chi connectivity index (χ4n) is 4.29. The average molecular weight is 392 g/mol. The molecular formula is C21H27F3N4. The van der Waals surface area contributed by atoms with Crippen molar-refractivity contribution in [2.75, 3.05) is 31.5 Å². The minimum atomic E-state index is -4.41. The lowest BCUT2D eigenvalue weighted by molar-refractivity contribution is -0.137. The molecule has 0 amide bonds. The molecule has 1 saturated heterocycles. The molecule has 0 aliphatic carbocycles. The molecule has 0 unspecified atom stereocenters. The summed E-state index contributed by atoms with van der Waals surface area (Å²) in [7, 11) is 0. The normalized spacial score (nSPS) is 18.4. The summed E-state index contributed by atoms with van der Waals surface area (Å²) in [6, 6.07) is 5.71. The fraction of sp³-hybridized carbons (Fsp3) is 0.571. The first kappa shape index (κ1) is 19.3. The van der Waals surface area contributed by atoms with Crippen molar-refractivity contribution in [2.24, 2.45) is 0 Å². The largest absolute Gasteiger partial charge is 0.418 e. The quantitative estimate of drug-likeness (QED) is 0.821. The van der Waals surface area contributed by atoms with Crippen LogP contribution in [0.4, 0.5) is 19.0 Å². The number of hydrogen-bond acceptors (Lipinski definition) is 3. The number of hydrogen-bond donors (Lipinski definition) is 1. The minimum Gasteiger partial charge on any atom is -0.370 e. The number of aromatic nitrogens is 2. The predicted molar refractivity (Wildman–Crippen MR) is 104 cm³/mol. The SMILES string of the molecule is FC(F)(F)c1ccccc1-n1nc(CCN2CCCCC2)c2c1NCCCC2. The van der Waals surface area contributed by atoms with E-state index in [-0.39, 0.29) is 5.69 Å². The van der Waals surface area contributed by atoms with Crippen molar-refractivity contribution in [1.82, 2.24) is 14.7 Å². The number of nitrogens with zero attached hydrogens (tertiary/aromatic N) is 3. The van der Waals surface area contributed by atoms with Gasteiger partial charge in [0.1, 0.15) is 5.82 Å². The van der Waals surface area contributed by atoms with E-state index in [1.165, 1.54) is 36.1 Å². The summed E-state index contributed by atoms with van der Waals surface area (Å²) in [5.74, 6) is 0.739. The highest BCUT2D eigenvalue weighted by Crippen LogP contribution is 2.36. The van der Waals surface area contributed by atoms with Crippen LogP contribution in [0.5, 0.6) is 0 Å². The molecule has 0 saturated carbocycles. The number of fused-ring (bicyclic) bond motifs is 1. The van der Waals surface area contributed by atoms with Gasteiger partial charge in [-0.05, 0) is 57.3 Å². The summed E-state index contributed by atoms with van der Waals surface area (Å²) in [4.78, 5) is 2.45. The van der Waals surface area contributed by atoms with E-state index in [1.54, 1.807) is 6.07 Å². The van der Waals surface area contributed by atoms with E-state index in [9.17, 15) is 13.2 Å². The number of halogens is 3. The molecule has 1 aromatic heterocycles. The Kier molecular flexibility index (Phi) is 5.62. The summed E-state index contributed by atoms with van der Waals surface area (Å²) in [6.45, 7) is 3.90. The van der Waals surface area contributed by atoms with Gasteiger partial charge in [0.2, 0.25) is 0 Å². The Balaban J connectivity index is 1.69. The van der Waals surface area contributed by atoms with Gasteiger partial charge in [0.15, 0.2) is 0 Å². The predicted octanol–water partition coefficient (Wildman–Crippen LogP) is 4.67. The highest BCUT2D eigenvalue weighted by atomic mass is 19.4. The third-order valence-electron chi connectivity index (χ3n) is 5.76. The molecule has 2 aliphatic rings. The molecular weight excluding hydrogens is 365 g/mol. The summed E-state index contributed by atoms with van der Waals surface area (Å²) in [6.07, 6.45) is 3.04. The van der Waals surface area contributed by atoms with Crippen molar-refractivity contribution in [1.29, 1.82) is 0 Å². The number of benzene rings is 1. The van der Waals surface area contributed by atoms with E-state index < -0.39 is 11.7 Å². The zero-order valence-electron chi connectivity index (χ0n) is 16.1. The van der Waals surface area contributed by atoms with Crippen LogP contribution in [0.1, 0.15) is 48.9 Å². The van der Waals surface area contributed by atoms with Crippen LogP contribution in [-0.2, 0) is 19.0 Å². The topological polar surface area (TPSA) is 33.1 Å². The summed E-state index contributed by atoms with van der Waals surface area (Å²) >= 11 is 0. The highest BCUT2D eigenvalue weighted by Gasteiger charge is 2.35. The molecule has 4 nitrogen and oxygen atoms in total. The summed E-state index contributed by atoms with van der Waals surface area (Å²) in [5.41, 5.74) is 1.48. The third kappa shape index (κ3) is 4.04. The van der Waals surface area contributed by atoms with E-state index in [0.717, 1.165) is 75.0 Å². The second kappa shape index (κ2) is 8.15. The monoisotopic (exact) mass is 392 g/mol. The molecule has 1 fully saturated rings. The number of piperidine rings is 1. The highest BCUT2D eigenvalue weighted by molar-refractivity contribution is 5.56. The Labute approximate surface area is 163 Å². The van der Waals surface area contributed by atoms with Gasteiger partial charge in [-0.2, -0.15) is 18.3 Å². The van der Waals surface area contributed by atoms with E-state index in [2.05, 4.69) is 15.3 Å². The van der Waals surface area contributed by atoms with Crippen LogP contribution in [0.2, 0.25) is 0 Å². The lowest BCUT2D eigenvalue weighted by Crippen LogP contribution is -2.31. The van der Waals surface area contributed by atoms with Crippen molar-refractivity contribution < 1.29 is 13.2 Å². The van der Waals surface area contributed by atoms with Crippen LogP contribution in [0, 0.1) is 0 Å². The van der Waals surface area contributed by atoms with Gasteiger partial charge in [-0.1, -0.05) is 18.6 Å². The van der Waals surface area contributed by atoms with Gasteiger partial charge in [0.05, 0.1) is 16.9 Å². The first-order valence-electron chi connectivity index (χ1n) is 10.3. The maximum absolute atomic E-state index is 13.6. The molecule has 28 heavy (non-hydrogen) atoms. The van der Waals surface area contributed by atoms with Gasteiger partial charge in [0.25, 0.3) is 0 Å². The molecule has 0 bridgehead atoms. The lowest BCUT2D eigenvalue weighted by Gasteiger charge is -2.26. The third-order valence-corrected chi connectivity index (χ3v) is 5.76. The molecule has 2 aromatic rings. The Bertz CT molecular complexity index is 806. The van der Waals surface area contributed by atoms with Crippen LogP contribution >= 0.6 is 0 Å². The Morgan fingerprint density at radius 3 is 2.57 bits per heavy atom. The molecule has 152 valence electrons. The lowest BCUT2D eigenvalue weighted by atomic mass is 10.1. The second-order valence-electron chi connectivity index (χ2n) is 7.74. The molecule has 0 radical (unpaired) electrons. The summed E-state index contributed by atoms with van der Waals surface area (Å²) in [5, 5.41) is 8.04. The van der Waals surface area contributed by atoms with E-state index >= 15 is 0 Å². The van der Waals surface area contributed by atoms with Crippen molar-refractivity contribution in [3.05, 3.63) is 41.1 Å². The second-order valence-corrected chi connectivity index (χ2v) is 7.74. The van der Waals surface area contributed by atoms with Gasteiger partial charge >= 0.3 is 6.18 Å². The van der Waals surface area contributed by atoms with Gasteiger partial charge < -0.3 is 10.2 Å². The number of para-hydroxylation sites is 1. The Hall–Kier alpha value is -2.02. The first-order chi connectivity index (χ1) is 13.5. The standard InChI is InChI=1S/C21H27F3N4/c22-21(23,24)17-9-2-3-10-19(17)28-20-16(8-4-5-12-25-20)18(26-28)11-15-27-13-6-1-7-14-27/h2-3,9-10,25H,1,4-8,11-15H2. The Morgan fingerprint density at radius 1 is 1.00 bits per heavy atom. The zero-order chi connectivity index (χ0) is 19.6. The number of alkyl halides is 3. The van der Waals surface area contributed by atoms with Crippen molar-refractivity contribution >= 4 is 5.82 Å². The van der Waals surface area contributed by atoms with Gasteiger partial charge in [-0.3, -0.25) is 0 Å². The Morgan fingerprint density at radius 2 is 1.79 bits per heavy atom. The van der Waals surface area contributed by atoms with E-state index in [4.69, 9.17) is 0 Å². The van der Waals surface area contributed by atoms with Crippen LogP contribution in [-0.4, -0.2) is 40.9 Å². The van der Waals surface area contributed by atoms with Gasteiger partial charge in [-0.15, -0.1) is 0 Å². The van der Waals surface area contributed by atoms with Crippen molar-refractivity contribution in [2.45, 2.75) is 51.1 Å². The molecule has 1 N–H and O–H groups in total. The number of likely N-dealkylation sites (tertiary alicyclic amines) is 1. The first-order valence-corrected chi connectivity index (χ1v) is 10.3. The molecule has 3 heterocycles. The van der Waals surface area contributed by atoms with Gasteiger partial charge in [-0.25, -0.2) is 4.68 Å². The number of nitrogens with one attached hydrogen (secondary N) is 1. The molecule has 4 rings (SSSR count). The van der Waals surface area contributed by atoms with Crippen LogP contribution < -0.4 is 5.32 Å². The molecule has 1 aromatic carbocycles. The maximum Gasteiger partial charge on any atom is 0.418 e. The van der Waals surface area contributed by atoms with Crippen LogP contribution in [0.3, 0.4) is 0 Å². The molecule has 7 heteroatoms. The number of anilines is 1. The van der Waals surface area contributed by atoms with Gasteiger partial charge in [0, 0.05) is 25.1 Å². The average Bonchev–Trinajstić information content (AvgIpc) is 2.86. The van der Waals surface area contributed by atoms with E-state index in [1.807, 2.05) is 0 Å². The molecule has 0 spiro atoms. The summed E-state index contributed by atoms with van der Waals surface area (Å²) < 4.78 is 42.2.